The van der Waals surface area contributed by atoms with Gasteiger partial charge in [0.2, 0.25) is 0 Å². The van der Waals surface area contributed by atoms with Gasteiger partial charge >= 0.3 is 0 Å². The molecular weight excluding hydrogens is 203 g/mol. The van der Waals surface area contributed by atoms with Gasteiger partial charge < -0.3 is 5.32 Å². The van der Waals surface area contributed by atoms with Gasteiger partial charge in [-0.2, -0.15) is 0 Å². The average molecular weight is 218 g/mol. The Balaban J connectivity index is 1.82. The highest BCUT2D eigenvalue weighted by atomic mass is 19.1. The maximum absolute atomic E-state index is 13.2. The second kappa shape index (κ2) is 3.58. The highest BCUT2D eigenvalue weighted by molar-refractivity contribution is 5.85. The summed E-state index contributed by atoms with van der Waals surface area (Å²) in [7, 11) is 0. The van der Waals surface area contributed by atoms with Crippen molar-refractivity contribution >= 4 is 5.84 Å². The fraction of sp³-hybridized carbons (Fsp3) is 0.462. The van der Waals surface area contributed by atoms with Crippen LogP contribution in [0.2, 0.25) is 0 Å². The Morgan fingerprint density at radius 1 is 1.38 bits per heavy atom. The van der Waals surface area contributed by atoms with Crippen LogP contribution >= 0.6 is 0 Å². The average Bonchev–Trinajstić information content (AvgIpc) is 2.87. The summed E-state index contributed by atoms with van der Waals surface area (Å²) in [5, 5.41) is 3.29. The molecule has 0 amide bonds. The Bertz CT molecular complexity index is 435. The lowest BCUT2D eigenvalue weighted by molar-refractivity contribution is 0.617. The van der Waals surface area contributed by atoms with Gasteiger partial charge in [0.25, 0.3) is 0 Å². The molecule has 16 heavy (non-hydrogen) atoms. The first-order chi connectivity index (χ1) is 7.78. The maximum Gasteiger partial charge on any atom is 0.123 e. The standard InChI is InChI=1S/C13H15FN2/c14-11-3-1-2-10(8-11)13(4-5-13)9-12-15-6-7-16-12/h1-3,8H,4-7,9H2,(H,15,16). The van der Waals surface area contributed by atoms with E-state index in [-0.39, 0.29) is 11.2 Å². The summed E-state index contributed by atoms with van der Waals surface area (Å²) >= 11 is 0. The number of rotatable bonds is 3. The molecule has 2 nitrogen and oxygen atoms in total. The van der Waals surface area contributed by atoms with Gasteiger partial charge in [0.1, 0.15) is 5.82 Å². The first kappa shape index (κ1) is 9.82. The molecule has 0 bridgehead atoms. The minimum atomic E-state index is -0.134. The monoisotopic (exact) mass is 218 g/mol. The SMILES string of the molecule is Fc1cccc(C2(CC3=NCCN3)CC2)c1. The molecule has 1 fully saturated rings. The van der Waals surface area contributed by atoms with E-state index < -0.39 is 0 Å². The highest BCUT2D eigenvalue weighted by Crippen LogP contribution is 2.51. The molecule has 0 unspecified atom stereocenters. The van der Waals surface area contributed by atoms with Crippen LogP contribution in [0.15, 0.2) is 29.3 Å². The molecule has 1 heterocycles. The third-order valence-electron chi connectivity index (χ3n) is 3.54. The predicted molar refractivity (Wildman–Crippen MR) is 62.2 cm³/mol. The Labute approximate surface area is 94.6 Å². The summed E-state index contributed by atoms with van der Waals surface area (Å²) in [6.07, 6.45) is 3.24. The number of nitrogens with one attached hydrogen (secondary N) is 1. The van der Waals surface area contributed by atoms with Gasteiger partial charge in [-0.1, -0.05) is 12.1 Å². The van der Waals surface area contributed by atoms with Crippen molar-refractivity contribution in [1.82, 2.24) is 5.32 Å². The van der Waals surface area contributed by atoms with Gasteiger partial charge in [0, 0.05) is 18.4 Å². The summed E-state index contributed by atoms with van der Waals surface area (Å²) in [5.41, 5.74) is 1.29. The number of nitrogens with zero attached hydrogens (tertiary/aromatic N) is 1. The van der Waals surface area contributed by atoms with Crippen LogP contribution in [-0.4, -0.2) is 18.9 Å². The highest BCUT2D eigenvalue weighted by Gasteiger charge is 2.45. The fourth-order valence-electron chi connectivity index (χ4n) is 2.42. The Morgan fingerprint density at radius 3 is 2.88 bits per heavy atom. The van der Waals surface area contributed by atoms with Gasteiger partial charge in [0.05, 0.1) is 12.4 Å². The van der Waals surface area contributed by atoms with Crippen molar-refractivity contribution in [2.24, 2.45) is 4.99 Å². The zero-order valence-corrected chi connectivity index (χ0v) is 9.17. The van der Waals surface area contributed by atoms with Crippen LogP contribution in [-0.2, 0) is 5.41 Å². The molecule has 1 aliphatic carbocycles. The van der Waals surface area contributed by atoms with Gasteiger partial charge in [-0.3, -0.25) is 4.99 Å². The molecule has 3 heteroatoms. The lowest BCUT2D eigenvalue weighted by Gasteiger charge is -2.15. The molecule has 1 N–H and O–H groups in total. The van der Waals surface area contributed by atoms with E-state index in [1.807, 2.05) is 6.07 Å². The fourth-order valence-corrected chi connectivity index (χ4v) is 2.42. The zero-order chi connectivity index (χ0) is 11.0. The van der Waals surface area contributed by atoms with Crippen LogP contribution in [0.1, 0.15) is 24.8 Å². The molecule has 0 radical (unpaired) electrons. The van der Waals surface area contributed by atoms with E-state index in [1.54, 1.807) is 12.1 Å². The van der Waals surface area contributed by atoms with Crippen molar-refractivity contribution in [2.45, 2.75) is 24.7 Å². The van der Waals surface area contributed by atoms with E-state index in [0.717, 1.165) is 43.8 Å². The second-order valence-corrected chi connectivity index (χ2v) is 4.72. The van der Waals surface area contributed by atoms with Crippen molar-refractivity contribution in [3.8, 4) is 0 Å². The van der Waals surface area contributed by atoms with E-state index in [1.165, 1.54) is 6.07 Å². The largest absolute Gasteiger partial charge is 0.372 e. The van der Waals surface area contributed by atoms with Crippen molar-refractivity contribution in [1.29, 1.82) is 0 Å². The Hall–Kier alpha value is -1.38. The van der Waals surface area contributed by atoms with Crippen molar-refractivity contribution < 1.29 is 4.39 Å². The number of amidine groups is 1. The van der Waals surface area contributed by atoms with Crippen LogP contribution in [0.25, 0.3) is 0 Å². The van der Waals surface area contributed by atoms with E-state index in [4.69, 9.17) is 0 Å². The molecular formula is C13H15FN2. The van der Waals surface area contributed by atoms with Crippen LogP contribution < -0.4 is 5.32 Å². The molecule has 2 aliphatic rings. The Morgan fingerprint density at radius 2 is 2.25 bits per heavy atom. The molecule has 84 valence electrons. The van der Waals surface area contributed by atoms with Crippen LogP contribution in [0.5, 0.6) is 0 Å². The number of benzene rings is 1. The third-order valence-corrected chi connectivity index (χ3v) is 3.54. The zero-order valence-electron chi connectivity index (χ0n) is 9.17. The van der Waals surface area contributed by atoms with Crippen LogP contribution in [0.4, 0.5) is 4.39 Å². The van der Waals surface area contributed by atoms with Gasteiger partial charge in [-0.05, 0) is 30.5 Å². The summed E-state index contributed by atoms with van der Waals surface area (Å²) in [6, 6.07) is 7.01. The van der Waals surface area contributed by atoms with Gasteiger partial charge in [-0.15, -0.1) is 0 Å². The predicted octanol–water partition coefficient (Wildman–Crippen LogP) is 2.25. The van der Waals surface area contributed by atoms with Crippen molar-refractivity contribution in [3.63, 3.8) is 0 Å². The molecule has 1 aromatic rings. The first-order valence-electron chi connectivity index (χ1n) is 5.82. The number of halogens is 1. The molecule has 1 aromatic carbocycles. The normalized spacial score (nSPS) is 21.4. The summed E-state index contributed by atoms with van der Waals surface area (Å²) in [6.45, 7) is 1.84. The van der Waals surface area contributed by atoms with E-state index >= 15 is 0 Å². The first-order valence-corrected chi connectivity index (χ1v) is 5.82. The molecule has 0 spiro atoms. The van der Waals surface area contributed by atoms with E-state index in [9.17, 15) is 4.39 Å². The summed E-state index contributed by atoms with van der Waals surface area (Å²) in [5.74, 6) is 0.965. The summed E-state index contributed by atoms with van der Waals surface area (Å²) < 4.78 is 13.2. The van der Waals surface area contributed by atoms with Crippen molar-refractivity contribution in [2.75, 3.05) is 13.1 Å². The lowest BCUT2D eigenvalue weighted by atomic mass is 9.92. The number of hydrogen-bond acceptors (Lipinski definition) is 2. The third kappa shape index (κ3) is 1.70. The molecule has 0 aromatic heterocycles. The smallest absolute Gasteiger partial charge is 0.123 e. The second-order valence-electron chi connectivity index (χ2n) is 4.72. The summed E-state index contributed by atoms with van der Waals surface area (Å²) in [4.78, 5) is 4.42. The van der Waals surface area contributed by atoms with Gasteiger partial charge in [0.15, 0.2) is 0 Å². The topological polar surface area (TPSA) is 24.4 Å². The molecule has 1 aliphatic heterocycles. The van der Waals surface area contributed by atoms with Crippen LogP contribution in [0.3, 0.4) is 0 Å². The lowest BCUT2D eigenvalue weighted by Crippen LogP contribution is -2.24. The van der Waals surface area contributed by atoms with E-state index in [2.05, 4.69) is 10.3 Å². The molecule has 3 rings (SSSR count). The number of aliphatic imine (C=N–C) groups is 1. The van der Waals surface area contributed by atoms with Crippen LogP contribution in [0, 0.1) is 5.82 Å². The van der Waals surface area contributed by atoms with Crippen molar-refractivity contribution in [3.05, 3.63) is 35.6 Å². The minimum absolute atomic E-state index is 0.134. The number of hydrogen-bond donors (Lipinski definition) is 1. The quantitative estimate of drug-likeness (QED) is 0.826. The Kier molecular flexibility index (Phi) is 2.20. The minimum Gasteiger partial charge on any atom is -0.372 e. The van der Waals surface area contributed by atoms with E-state index in [0.29, 0.717) is 0 Å². The molecule has 0 saturated heterocycles. The van der Waals surface area contributed by atoms with Gasteiger partial charge in [-0.25, -0.2) is 4.39 Å². The molecule has 0 atom stereocenters. The maximum atomic E-state index is 13.2. The molecule has 1 saturated carbocycles.